The van der Waals surface area contributed by atoms with E-state index in [0.29, 0.717) is 23.0 Å². The lowest BCUT2D eigenvalue weighted by Gasteiger charge is -2.26. The zero-order valence-electron chi connectivity index (χ0n) is 17.0. The summed E-state index contributed by atoms with van der Waals surface area (Å²) >= 11 is 0. The third-order valence-electron chi connectivity index (χ3n) is 5.20. The summed E-state index contributed by atoms with van der Waals surface area (Å²) < 4.78 is 25.6. The van der Waals surface area contributed by atoms with Crippen LogP contribution in [-0.4, -0.2) is 23.8 Å². The van der Waals surface area contributed by atoms with Gasteiger partial charge in [0.25, 0.3) is 5.56 Å². The van der Waals surface area contributed by atoms with E-state index in [1.54, 1.807) is 18.2 Å². The highest BCUT2D eigenvalue weighted by Crippen LogP contribution is 2.36. The van der Waals surface area contributed by atoms with E-state index < -0.39 is 5.82 Å². The van der Waals surface area contributed by atoms with Crippen molar-refractivity contribution in [3.05, 3.63) is 106 Å². The molecule has 0 amide bonds. The van der Waals surface area contributed by atoms with E-state index in [0.717, 1.165) is 17.8 Å². The second-order valence-corrected chi connectivity index (χ2v) is 7.31. The number of anilines is 1. The van der Waals surface area contributed by atoms with E-state index in [4.69, 9.17) is 0 Å². The molecule has 0 saturated heterocycles. The van der Waals surface area contributed by atoms with Crippen LogP contribution in [0.4, 0.5) is 14.5 Å². The third-order valence-corrected chi connectivity index (χ3v) is 5.20. The fraction of sp³-hybridized carbons (Fsp3) is 0.167. The first-order chi connectivity index (χ1) is 15.1. The van der Waals surface area contributed by atoms with Crippen molar-refractivity contribution in [2.24, 2.45) is 0 Å². The number of hydrogen-bond acceptors (Lipinski definition) is 4. The van der Waals surface area contributed by atoms with E-state index in [1.165, 1.54) is 29.8 Å². The van der Waals surface area contributed by atoms with Crippen LogP contribution < -0.4 is 16.2 Å². The van der Waals surface area contributed by atoms with Crippen LogP contribution in [0, 0.1) is 11.6 Å². The summed E-state index contributed by atoms with van der Waals surface area (Å²) in [4.78, 5) is 12.0. The smallest absolute Gasteiger partial charge is 0.272 e. The monoisotopic (exact) mass is 420 g/mol. The third kappa shape index (κ3) is 4.46. The van der Waals surface area contributed by atoms with Crippen molar-refractivity contribution in [1.29, 1.82) is 0 Å². The molecule has 0 aliphatic carbocycles. The second kappa shape index (κ2) is 9.06. The topological polar surface area (TPSA) is 69.8 Å². The Hall–Kier alpha value is -3.58. The van der Waals surface area contributed by atoms with Crippen molar-refractivity contribution in [3.8, 4) is 0 Å². The highest BCUT2D eigenvalue weighted by atomic mass is 19.1. The molecule has 3 aromatic carbocycles. The molecule has 5 nitrogen and oxygen atoms in total. The Morgan fingerprint density at radius 3 is 2.42 bits per heavy atom. The van der Waals surface area contributed by atoms with Crippen LogP contribution in [-0.2, 0) is 6.54 Å². The second-order valence-electron chi connectivity index (χ2n) is 7.31. The summed E-state index contributed by atoms with van der Waals surface area (Å²) in [6.45, 7) is 1.42. The minimum atomic E-state index is -0.428. The molecule has 0 radical (unpaired) electrons. The molecule has 0 bridgehead atoms. The summed E-state index contributed by atoms with van der Waals surface area (Å²) in [5.74, 6) is -0.601. The number of H-pyrrole nitrogens is 1. The van der Waals surface area contributed by atoms with Gasteiger partial charge in [0, 0.05) is 30.1 Å². The van der Waals surface area contributed by atoms with Gasteiger partial charge in [-0.1, -0.05) is 42.5 Å². The molecule has 2 heterocycles. The summed E-state index contributed by atoms with van der Waals surface area (Å²) in [7, 11) is 1.91. The Kier molecular flexibility index (Phi) is 6.04. The predicted octanol–water partition coefficient (Wildman–Crippen LogP) is 4.16. The molecule has 1 aliphatic heterocycles. The quantitative estimate of drug-likeness (QED) is 0.465. The van der Waals surface area contributed by atoms with Gasteiger partial charge < -0.3 is 10.6 Å². The van der Waals surface area contributed by atoms with E-state index in [-0.39, 0.29) is 17.3 Å². The Bertz CT molecular complexity index is 1240. The fourth-order valence-corrected chi connectivity index (χ4v) is 3.75. The average Bonchev–Trinajstić information content (AvgIpc) is 2.78. The fourth-order valence-electron chi connectivity index (χ4n) is 3.75. The molecular weight excluding hydrogens is 398 g/mol. The molecule has 3 N–H and O–H groups in total. The van der Waals surface area contributed by atoms with Gasteiger partial charge in [0.2, 0.25) is 0 Å². The zero-order valence-corrected chi connectivity index (χ0v) is 17.0. The molecule has 7 heteroatoms. The maximum atomic E-state index is 13.7. The van der Waals surface area contributed by atoms with Gasteiger partial charge in [-0.15, -0.1) is 0 Å². The van der Waals surface area contributed by atoms with Gasteiger partial charge in [-0.2, -0.15) is 5.10 Å². The molecule has 158 valence electrons. The first-order valence-corrected chi connectivity index (χ1v) is 9.96. The lowest BCUT2D eigenvalue weighted by Crippen LogP contribution is -2.24. The molecule has 0 spiro atoms. The molecule has 4 aromatic rings. The van der Waals surface area contributed by atoms with Crippen molar-refractivity contribution in [2.75, 3.05) is 18.9 Å². The summed E-state index contributed by atoms with van der Waals surface area (Å²) in [6, 6.07) is 18.9. The van der Waals surface area contributed by atoms with Gasteiger partial charge in [-0.3, -0.25) is 4.79 Å². The number of aromatic amines is 1. The molecule has 1 aromatic heterocycles. The van der Waals surface area contributed by atoms with Crippen LogP contribution >= 0.6 is 0 Å². The summed E-state index contributed by atoms with van der Waals surface area (Å²) in [5, 5.41) is 14.2. The molecular formula is C24H22F2N4O. The van der Waals surface area contributed by atoms with Gasteiger partial charge in [-0.05, 0) is 42.4 Å². The first kappa shape index (κ1) is 20.7. The lowest BCUT2D eigenvalue weighted by atomic mass is 9.88. The van der Waals surface area contributed by atoms with Crippen molar-refractivity contribution in [1.82, 2.24) is 15.5 Å². The Labute approximate surface area is 178 Å². The highest BCUT2D eigenvalue weighted by molar-refractivity contribution is 5.97. The standard InChI is InChI=1S/C18H17FN4O.C6H5F/c1-20-8-10-2-4-11(5-3-10)14-9-21-15-7-12(19)6-13-16(15)17(14)22-23-18(13)24;7-6-4-2-1-3-5-6/h2-7,14,20-21H,8-9H2,1H3,(H,23,24);1-5H. The number of rotatable bonds is 3. The maximum absolute atomic E-state index is 13.7. The Balaban J connectivity index is 0.000000282. The van der Waals surface area contributed by atoms with Crippen LogP contribution in [0.3, 0.4) is 0 Å². The predicted molar refractivity (Wildman–Crippen MR) is 118 cm³/mol. The number of aromatic nitrogens is 2. The van der Waals surface area contributed by atoms with Crippen molar-refractivity contribution in [3.63, 3.8) is 0 Å². The van der Waals surface area contributed by atoms with Crippen LogP contribution in [0.2, 0.25) is 0 Å². The van der Waals surface area contributed by atoms with E-state index in [2.05, 4.69) is 45.1 Å². The van der Waals surface area contributed by atoms with Crippen LogP contribution in [0.5, 0.6) is 0 Å². The molecule has 0 fully saturated rings. The van der Waals surface area contributed by atoms with Crippen LogP contribution in [0.15, 0.2) is 71.5 Å². The highest BCUT2D eigenvalue weighted by Gasteiger charge is 2.26. The summed E-state index contributed by atoms with van der Waals surface area (Å²) in [6.07, 6.45) is 0. The SMILES string of the molecule is CNCc1ccc(C2CNc3cc(F)cc4c(=O)[nH]nc2c34)cc1.Fc1ccccc1. The van der Waals surface area contributed by atoms with E-state index in [1.807, 2.05) is 7.05 Å². The van der Waals surface area contributed by atoms with Gasteiger partial charge in [-0.25, -0.2) is 13.9 Å². The number of benzene rings is 3. The Morgan fingerprint density at radius 1 is 1.03 bits per heavy atom. The van der Waals surface area contributed by atoms with Gasteiger partial charge in [0.05, 0.1) is 11.1 Å². The maximum Gasteiger partial charge on any atom is 0.272 e. The number of nitrogens with zero attached hydrogens (tertiary/aromatic N) is 1. The Morgan fingerprint density at radius 2 is 1.77 bits per heavy atom. The number of nitrogens with one attached hydrogen (secondary N) is 3. The number of halogens is 2. The zero-order chi connectivity index (χ0) is 21.8. The van der Waals surface area contributed by atoms with Gasteiger partial charge >= 0.3 is 0 Å². The summed E-state index contributed by atoms with van der Waals surface area (Å²) in [5.41, 5.74) is 3.34. The molecule has 0 saturated carbocycles. The van der Waals surface area contributed by atoms with Crippen LogP contribution in [0.1, 0.15) is 22.7 Å². The molecule has 1 atom stereocenters. The van der Waals surface area contributed by atoms with Crippen LogP contribution in [0.25, 0.3) is 10.8 Å². The van der Waals surface area contributed by atoms with E-state index in [9.17, 15) is 13.6 Å². The largest absolute Gasteiger partial charge is 0.383 e. The lowest BCUT2D eigenvalue weighted by molar-refractivity contribution is 0.627. The molecule has 5 rings (SSSR count). The van der Waals surface area contributed by atoms with Crippen molar-refractivity contribution in [2.45, 2.75) is 12.5 Å². The van der Waals surface area contributed by atoms with Gasteiger partial charge in [0.15, 0.2) is 0 Å². The molecule has 1 unspecified atom stereocenters. The number of hydrogen-bond donors (Lipinski definition) is 3. The minimum absolute atomic E-state index is 0.00551. The minimum Gasteiger partial charge on any atom is -0.383 e. The van der Waals surface area contributed by atoms with Crippen molar-refractivity contribution < 1.29 is 8.78 Å². The van der Waals surface area contributed by atoms with E-state index >= 15 is 0 Å². The van der Waals surface area contributed by atoms with Gasteiger partial charge in [0.1, 0.15) is 11.6 Å². The normalized spacial score (nSPS) is 14.5. The molecule has 31 heavy (non-hydrogen) atoms. The first-order valence-electron chi connectivity index (χ1n) is 9.96. The van der Waals surface area contributed by atoms with Crippen molar-refractivity contribution >= 4 is 16.5 Å². The average molecular weight is 420 g/mol. The molecule has 1 aliphatic rings.